The third-order valence-corrected chi connectivity index (χ3v) is 8.61. The average molecular weight is 443 g/mol. The molecule has 2 unspecified atom stereocenters. The molecule has 3 rings (SSSR count). The molecule has 180 valence electrons. The Labute approximate surface area is 196 Å². The van der Waals surface area contributed by atoms with Gasteiger partial charge in [0.2, 0.25) is 0 Å². The van der Waals surface area contributed by atoms with Gasteiger partial charge in [-0.15, -0.1) is 0 Å². The van der Waals surface area contributed by atoms with E-state index in [0.29, 0.717) is 41.9 Å². The third kappa shape index (κ3) is 5.85. The van der Waals surface area contributed by atoms with Crippen LogP contribution in [0.3, 0.4) is 0 Å². The smallest absolute Gasteiger partial charge is 0.0811 e. The third-order valence-electron chi connectivity index (χ3n) is 8.61. The SMILES string of the molecule is C=C1/C(=C\C=C2/CCC[C@]3(C)[C@@H]([C@H](C)/C=C/C(O)CCC(C)C)CC[C@@H]23)CC(O)C[C@@H]1O. The van der Waals surface area contributed by atoms with Crippen molar-refractivity contribution in [2.45, 2.75) is 104 Å². The zero-order valence-electron chi connectivity index (χ0n) is 20.8. The van der Waals surface area contributed by atoms with E-state index in [1.807, 2.05) is 6.08 Å². The van der Waals surface area contributed by atoms with Gasteiger partial charge in [0, 0.05) is 6.42 Å². The molecule has 0 spiro atoms. The second-order valence-electron chi connectivity index (χ2n) is 11.4. The first-order chi connectivity index (χ1) is 15.1. The van der Waals surface area contributed by atoms with E-state index < -0.39 is 12.2 Å². The summed E-state index contributed by atoms with van der Waals surface area (Å²) in [6.07, 6.45) is 16.3. The van der Waals surface area contributed by atoms with Gasteiger partial charge in [0.15, 0.2) is 0 Å². The van der Waals surface area contributed by atoms with Gasteiger partial charge in [0.05, 0.1) is 18.3 Å². The first-order valence-corrected chi connectivity index (χ1v) is 12.9. The van der Waals surface area contributed by atoms with E-state index in [0.717, 1.165) is 30.4 Å². The van der Waals surface area contributed by atoms with Crippen molar-refractivity contribution < 1.29 is 15.3 Å². The Hall–Kier alpha value is -1.16. The molecule has 3 aliphatic carbocycles. The van der Waals surface area contributed by atoms with Crippen LogP contribution in [0.4, 0.5) is 0 Å². The summed E-state index contributed by atoms with van der Waals surface area (Å²) in [4.78, 5) is 0. The van der Waals surface area contributed by atoms with Crippen molar-refractivity contribution in [3.8, 4) is 0 Å². The number of allylic oxidation sites excluding steroid dienone is 4. The lowest BCUT2D eigenvalue weighted by atomic mass is 9.61. The molecule has 0 saturated heterocycles. The number of rotatable bonds is 7. The molecule has 3 saturated carbocycles. The highest BCUT2D eigenvalue weighted by molar-refractivity contribution is 5.38. The monoisotopic (exact) mass is 442 g/mol. The van der Waals surface area contributed by atoms with E-state index in [4.69, 9.17) is 0 Å². The van der Waals surface area contributed by atoms with Gasteiger partial charge in [0.1, 0.15) is 0 Å². The lowest BCUT2D eigenvalue weighted by molar-refractivity contribution is 0.0862. The van der Waals surface area contributed by atoms with Crippen LogP contribution < -0.4 is 0 Å². The molecule has 0 aromatic rings. The maximum absolute atomic E-state index is 10.3. The van der Waals surface area contributed by atoms with Crippen LogP contribution in [0.15, 0.2) is 47.6 Å². The zero-order valence-corrected chi connectivity index (χ0v) is 20.8. The zero-order chi connectivity index (χ0) is 23.5. The molecular formula is C29H46O3. The number of hydrogen-bond donors (Lipinski definition) is 3. The molecule has 3 heteroatoms. The lowest BCUT2D eigenvalue weighted by Crippen LogP contribution is -2.35. The summed E-state index contributed by atoms with van der Waals surface area (Å²) in [5.41, 5.74) is 3.60. The molecular weight excluding hydrogens is 396 g/mol. The molecule has 0 radical (unpaired) electrons. The predicted octanol–water partition coefficient (Wildman–Crippen LogP) is 6.12. The van der Waals surface area contributed by atoms with Crippen LogP contribution in [0.2, 0.25) is 0 Å². The minimum atomic E-state index is -0.626. The van der Waals surface area contributed by atoms with Crippen molar-refractivity contribution >= 4 is 0 Å². The summed E-state index contributed by atoms with van der Waals surface area (Å²) < 4.78 is 0. The van der Waals surface area contributed by atoms with E-state index in [9.17, 15) is 15.3 Å². The molecule has 0 amide bonds. The standard InChI is InChI=1S/C29H46O3/c1-19(2)8-12-24(30)13-9-20(3)26-14-15-27-22(7-6-16-29(26,27)5)10-11-23-17-25(31)18-28(32)21(23)4/h9-11,13,19-20,24-28,30-32H,4,6-8,12,14-18H2,1-3,5H3/b13-9+,22-10+,23-11-/t20-,24?,25?,26-,27+,28+,29-/m1/s1. The summed E-state index contributed by atoms with van der Waals surface area (Å²) in [5, 5.41) is 30.5. The average Bonchev–Trinajstić information content (AvgIpc) is 3.09. The Morgan fingerprint density at radius 1 is 1.09 bits per heavy atom. The molecule has 0 aliphatic heterocycles. The number of aliphatic hydroxyl groups excluding tert-OH is 3. The van der Waals surface area contributed by atoms with Crippen molar-refractivity contribution in [1.29, 1.82) is 0 Å². The van der Waals surface area contributed by atoms with Crippen LogP contribution in [0.5, 0.6) is 0 Å². The summed E-state index contributed by atoms with van der Waals surface area (Å²) >= 11 is 0. The van der Waals surface area contributed by atoms with Gasteiger partial charge in [-0.2, -0.15) is 0 Å². The predicted molar refractivity (Wildman–Crippen MR) is 133 cm³/mol. The van der Waals surface area contributed by atoms with Gasteiger partial charge in [-0.1, -0.05) is 64.2 Å². The van der Waals surface area contributed by atoms with Crippen molar-refractivity contribution in [3.05, 3.63) is 47.6 Å². The topological polar surface area (TPSA) is 60.7 Å². The van der Waals surface area contributed by atoms with Gasteiger partial charge in [0.25, 0.3) is 0 Å². The van der Waals surface area contributed by atoms with Crippen LogP contribution in [0.25, 0.3) is 0 Å². The molecule has 0 heterocycles. The first kappa shape index (κ1) is 25.5. The van der Waals surface area contributed by atoms with Gasteiger partial charge in [-0.25, -0.2) is 0 Å². The van der Waals surface area contributed by atoms with E-state index >= 15 is 0 Å². The van der Waals surface area contributed by atoms with Gasteiger partial charge < -0.3 is 15.3 Å². The Balaban J connectivity index is 1.70. The molecule has 7 atom stereocenters. The minimum absolute atomic E-state index is 0.303. The van der Waals surface area contributed by atoms with Crippen molar-refractivity contribution in [3.63, 3.8) is 0 Å². The van der Waals surface area contributed by atoms with Crippen molar-refractivity contribution in [2.24, 2.45) is 29.1 Å². The van der Waals surface area contributed by atoms with Gasteiger partial charge >= 0.3 is 0 Å². The second-order valence-corrected chi connectivity index (χ2v) is 11.4. The Kier molecular flexibility index (Phi) is 8.63. The number of hydrogen-bond acceptors (Lipinski definition) is 3. The molecule has 3 aliphatic rings. The Bertz CT molecular complexity index is 746. The highest BCUT2D eigenvalue weighted by Crippen LogP contribution is 2.59. The van der Waals surface area contributed by atoms with Crippen molar-refractivity contribution in [1.82, 2.24) is 0 Å². The highest BCUT2D eigenvalue weighted by atomic mass is 16.3. The second kappa shape index (κ2) is 10.8. The van der Waals surface area contributed by atoms with Crippen LogP contribution in [-0.4, -0.2) is 33.6 Å². The van der Waals surface area contributed by atoms with E-state index in [2.05, 4.69) is 52.5 Å². The maximum atomic E-state index is 10.3. The van der Waals surface area contributed by atoms with Crippen LogP contribution in [0.1, 0.15) is 85.5 Å². The molecule has 0 aromatic carbocycles. The summed E-state index contributed by atoms with van der Waals surface area (Å²) in [5.74, 6) is 2.35. The number of aliphatic hydroxyl groups is 3. The summed E-state index contributed by atoms with van der Waals surface area (Å²) in [7, 11) is 0. The summed E-state index contributed by atoms with van der Waals surface area (Å²) in [6, 6.07) is 0. The number of fused-ring (bicyclic) bond motifs is 1. The lowest BCUT2D eigenvalue weighted by Gasteiger charge is -2.44. The van der Waals surface area contributed by atoms with Gasteiger partial charge in [-0.05, 0) is 91.6 Å². The van der Waals surface area contributed by atoms with Crippen LogP contribution in [0, 0.1) is 29.1 Å². The maximum Gasteiger partial charge on any atom is 0.0811 e. The molecule has 32 heavy (non-hydrogen) atoms. The van der Waals surface area contributed by atoms with Gasteiger partial charge in [-0.3, -0.25) is 0 Å². The Morgan fingerprint density at radius 3 is 2.56 bits per heavy atom. The molecule has 3 nitrogen and oxygen atoms in total. The Morgan fingerprint density at radius 2 is 1.84 bits per heavy atom. The normalized spacial score (nSPS) is 38.1. The van der Waals surface area contributed by atoms with E-state index in [1.165, 1.54) is 31.3 Å². The van der Waals surface area contributed by atoms with E-state index in [1.54, 1.807) is 0 Å². The van der Waals surface area contributed by atoms with Crippen molar-refractivity contribution in [2.75, 3.05) is 0 Å². The fourth-order valence-corrected chi connectivity index (χ4v) is 6.65. The minimum Gasteiger partial charge on any atom is -0.393 e. The van der Waals surface area contributed by atoms with E-state index in [-0.39, 0.29) is 6.10 Å². The quantitative estimate of drug-likeness (QED) is 0.416. The van der Waals surface area contributed by atoms with Crippen LogP contribution >= 0.6 is 0 Å². The fourth-order valence-electron chi connectivity index (χ4n) is 6.65. The summed E-state index contributed by atoms with van der Waals surface area (Å²) in [6.45, 7) is 13.3. The largest absolute Gasteiger partial charge is 0.393 e. The molecule has 3 N–H and O–H groups in total. The van der Waals surface area contributed by atoms with Crippen LogP contribution in [-0.2, 0) is 0 Å². The highest BCUT2D eigenvalue weighted by Gasteiger charge is 2.50. The molecule has 0 aromatic heterocycles. The molecule has 3 fully saturated rings. The molecule has 0 bridgehead atoms. The first-order valence-electron chi connectivity index (χ1n) is 12.9. The fraction of sp³-hybridized carbons (Fsp3) is 0.724.